The molecule has 8 aromatic rings. The quantitative estimate of drug-likeness (QED) is 0.211. The molecule has 0 saturated heterocycles. The molecular weight excluding hydrogens is 595 g/mol. The third kappa shape index (κ3) is 4.64. The number of nitriles is 2. The van der Waals surface area contributed by atoms with Crippen molar-refractivity contribution in [1.29, 1.82) is 10.5 Å². The van der Waals surface area contributed by atoms with Gasteiger partial charge < -0.3 is 14.3 Å². The highest BCUT2D eigenvalue weighted by Crippen LogP contribution is 2.43. The van der Waals surface area contributed by atoms with E-state index in [4.69, 9.17) is 4.42 Å². The van der Waals surface area contributed by atoms with E-state index in [2.05, 4.69) is 97.1 Å². The first-order valence-electron chi connectivity index (χ1n) is 15.5. The van der Waals surface area contributed by atoms with Crippen LogP contribution in [0, 0.1) is 22.7 Å². The Kier molecular flexibility index (Phi) is 6.62. The van der Waals surface area contributed by atoms with Gasteiger partial charge in [0.2, 0.25) is 0 Å². The summed E-state index contributed by atoms with van der Waals surface area (Å²) < 4.78 is 8.65. The van der Waals surface area contributed by atoms with Gasteiger partial charge in [0, 0.05) is 32.7 Å². The smallest absolute Gasteiger partial charge is 0.145 e. The molecule has 0 spiro atoms. The number of fused-ring (bicyclic) bond motifs is 7. The van der Waals surface area contributed by atoms with Crippen LogP contribution in [0.5, 0.6) is 0 Å². The van der Waals surface area contributed by atoms with E-state index in [0.717, 1.165) is 68.5 Å². The largest absolute Gasteiger partial charge is 0.455 e. The second kappa shape index (κ2) is 10.9. The molecule has 0 bridgehead atoms. The first-order valence-corrected chi connectivity index (χ1v) is 16.5. The molecule has 3 aromatic heterocycles. The Balaban J connectivity index is 1.38. The van der Waals surface area contributed by atoms with Gasteiger partial charge in [-0.25, -0.2) is 0 Å². The fourth-order valence-corrected chi connectivity index (χ4v) is 7.41. The van der Waals surface area contributed by atoms with Crippen LogP contribution < -0.4 is 5.32 Å². The topological polar surface area (TPSA) is 77.7 Å². The molecule has 0 aliphatic carbocycles. The molecule has 8 rings (SSSR count). The van der Waals surface area contributed by atoms with Gasteiger partial charge in [0.05, 0.1) is 38.9 Å². The standard InChI is InChI=1S/C41H29N4OP/c1-41(2,3)27-15-17-34-31(22-27)39-35(18-16-29-28-10-5-7-13-37(28)46-40(29)39)45(34)36-21-25(23-42)33(20-26(36)24-43)44-32-12-6-4-11-30(32)38-14-8-9-19-47-38/h4-22,44H,1-3H3. The van der Waals surface area contributed by atoms with Gasteiger partial charge in [-0.05, 0) is 71.4 Å². The van der Waals surface area contributed by atoms with Crippen molar-refractivity contribution in [2.75, 3.05) is 5.32 Å². The molecule has 224 valence electrons. The lowest BCUT2D eigenvalue weighted by Crippen LogP contribution is -2.10. The minimum absolute atomic E-state index is 0.0682. The molecule has 0 atom stereocenters. The molecule has 1 N–H and O–H groups in total. The fraction of sp³-hybridized carbons (Fsp3) is 0.0976. The highest BCUT2D eigenvalue weighted by Gasteiger charge is 2.23. The zero-order valence-corrected chi connectivity index (χ0v) is 27.1. The maximum absolute atomic E-state index is 10.6. The summed E-state index contributed by atoms with van der Waals surface area (Å²) in [6, 6.07) is 41.5. The van der Waals surface area contributed by atoms with Gasteiger partial charge in [-0.15, -0.1) is 0 Å². The first-order chi connectivity index (χ1) is 22.9. The highest BCUT2D eigenvalue weighted by atomic mass is 31.0. The van der Waals surface area contributed by atoms with E-state index in [9.17, 15) is 10.5 Å². The minimum atomic E-state index is -0.0682. The summed E-state index contributed by atoms with van der Waals surface area (Å²) in [5.41, 5.74) is 8.71. The molecule has 0 aliphatic rings. The van der Waals surface area contributed by atoms with Crippen molar-refractivity contribution >= 4 is 63.3 Å². The second-order valence-electron chi connectivity index (χ2n) is 12.8. The van der Waals surface area contributed by atoms with Gasteiger partial charge in [-0.1, -0.05) is 83.6 Å². The van der Waals surface area contributed by atoms with E-state index in [0.29, 0.717) is 22.5 Å². The van der Waals surface area contributed by atoms with Gasteiger partial charge in [0.25, 0.3) is 0 Å². The molecule has 3 heterocycles. The summed E-state index contributed by atoms with van der Waals surface area (Å²) >= 11 is 0. The highest BCUT2D eigenvalue weighted by molar-refractivity contribution is 7.33. The van der Waals surface area contributed by atoms with E-state index >= 15 is 0 Å². The van der Waals surface area contributed by atoms with Crippen LogP contribution in [0.4, 0.5) is 11.4 Å². The van der Waals surface area contributed by atoms with Gasteiger partial charge in [0.1, 0.15) is 23.3 Å². The monoisotopic (exact) mass is 624 g/mol. The average molecular weight is 625 g/mol. The number of furan rings is 1. The number of aromatic nitrogens is 1. The third-order valence-electron chi connectivity index (χ3n) is 8.89. The molecule has 0 fully saturated rings. The van der Waals surface area contributed by atoms with Crippen LogP contribution in [-0.2, 0) is 5.41 Å². The Morgan fingerprint density at radius 1 is 0.702 bits per heavy atom. The van der Waals surface area contributed by atoms with Crippen molar-refractivity contribution in [2.24, 2.45) is 0 Å². The van der Waals surface area contributed by atoms with Gasteiger partial charge in [-0.3, -0.25) is 0 Å². The number of para-hydroxylation sites is 2. The molecule has 0 radical (unpaired) electrons. The van der Waals surface area contributed by atoms with Crippen LogP contribution in [0.15, 0.2) is 119 Å². The van der Waals surface area contributed by atoms with E-state index in [1.54, 1.807) is 6.07 Å². The van der Waals surface area contributed by atoms with Crippen LogP contribution in [0.3, 0.4) is 0 Å². The van der Waals surface area contributed by atoms with Crippen LogP contribution >= 0.6 is 8.19 Å². The molecule has 0 amide bonds. The van der Waals surface area contributed by atoms with Crippen molar-refractivity contribution in [3.05, 3.63) is 132 Å². The predicted molar refractivity (Wildman–Crippen MR) is 194 cm³/mol. The summed E-state index contributed by atoms with van der Waals surface area (Å²) in [7, 11) is 1.10. The zero-order chi connectivity index (χ0) is 32.3. The van der Waals surface area contributed by atoms with Crippen molar-refractivity contribution in [2.45, 2.75) is 26.2 Å². The van der Waals surface area contributed by atoms with E-state index in [1.807, 2.05) is 54.6 Å². The second-order valence-corrected chi connectivity index (χ2v) is 13.8. The van der Waals surface area contributed by atoms with Crippen LogP contribution in [0.2, 0.25) is 0 Å². The molecule has 5 nitrogen and oxygen atoms in total. The van der Waals surface area contributed by atoms with Crippen molar-refractivity contribution in [1.82, 2.24) is 4.57 Å². The minimum Gasteiger partial charge on any atom is -0.455 e. The van der Waals surface area contributed by atoms with Crippen molar-refractivity contribution in [3.63, 3.8) is 0 Å². The van der Waals surface area contributed by atoms with Gasteiger partial charge in [-0.2, -0.15) is 10.5 Å². The maximum Gasteiger partial charge on any atom is 0.145 e. The number of rotatable bonds is 4. The normalized spacial score (nSPS) is 11.9. The number of nitrogens with one attached hydrogen (secondary N) is 1. The Hall–Kier alpha value is -5.87. The SMILES string of the molecule is CC(C)(C)c1ccc2c(c1)c1c3oc4ccccc4c3ccc1n2-c1cc(C#N)c(Nc2ccccc2-c2ccccp2)cc1C#N. The summed E-state index contributed by atoms with van der Waals surface area (Å²) in [6.07, 6.45) is 0. The average Bonchev–Trinajstić information content (AvgIpc) is 3.63. The Bertz CT molecular complexity index is 2610. The first kappa shape index (κ1) is 28.6. The van der Waals surface area contributed by atoms with E-state index in [1.165, 1.54) is 5.56 Å². The number of benzene rings is 5. The van der Waals surface area contributed by atoms with Crippen molar-refractivity contribution in [3.8, 4) is 28.7 Å². The van der Waals surface area contributed by atoms with Gasteiger partial charge in [0.15, 0.2) is 0 Å². The lowest BCUT2D eigenvalue weighted by atomic mass is 9.86. The predicted octanol–water partition coefficient (Wildman–Crippen LogP) is 11.7. The summed E-state index contributed by atoms with van der Waals surface area (Å²) in [4.78, 5) is 0. The van der Waals surface area contributed by atoms with Crippen LogP contribution in [0.1, 0.15) is 37.5 Å². The Morgan fingerprint density at radius 3 is 2.26 bits per heavy atom. The number of hydrogen-bond donors (Lipinski definition) is 1. The van der Waals surface area contributed by atoms with Crippen LogP contribution in [0.25, 0.3) is 60.3 Å². The Labute approximate surface area is 274 Å². The van der Waals surface area contributed by atoms with Gasteiger partial charge >= 0.3 is 0 Å². The molecule has 0 saturated carbocycles. The number of hydrogen-bond acceptors (Lipinski definition) is 4. The lowest BCUT2D eigenvalue weighted by molar-refractivity contribution is 0.591. The van der Waals surface area contributed by atoms with Crippen LogP contribution in [-0.4, -0.2) is 4.57 Å². The number of nitrogens with zero attached hydrogens (tertiary/aromatic N) is 3. The molecule has 5 aromatic carbocycles. The fourth-order valence-electron chi connectivity index (χ4n) is 6.55. The lowest BCUT2D eigenvalue weighted by Gasteiger charge is -2.19. The summed E-state index contributed by atoms with van der Waals surface area (Å²) in [5, 5.41) is 29.8. The molecule has 0 unspecified atom stereocenters. The molecule has 6 heteroatoms. The summed E-state index contributed by atoms with van der Waals surface area (Å²) in [5.74, 6) is 2.10. The van der Waals surface area contributed by atoms with E-state index < -0.39 is 0 Å². The molecule has 0 aliphatic heterocycles. The third-order valence-corrected chi connectivity index (χ3v) is 9.88. The maximum atomic E-state index is 10.6. The number of anilines is 2. The summed E-state index contributed by atoms with van der Waals surface area (Å²) in [6.45, 7) is 6.63. The molecule has 47 heavy (non-hydrogen) atoms. The zero-order valence-electron chi connectivity index (χ0n) is 26.2. The van der Waals surface area contributed by atoms with Crippen molar-refractivity contribution < 1.29 is 4.42 Å². The molecular formula is C41H29N4OP. The van der Waals surface area contributed by atoms with E-state index in [-0.39, 0.29) is 5.41 Å². The Morgan fingerprint density at radius 2 is 1.47 bits per heavy atom.